The molecule has 5 rings (SSSR count). The van der Waals surface area contributed by atoms with Crippen molar-refractivity contribution < 1.29 is 19.7 Å². The number of hydrogen-bond donors (Lipinski definition) is 2. The van der Waals surface area contributed by atoms with Crippen LogP contribution in [0.1, 0.15) is 54.9 Å². The number of rotatable bonds is 6. The lowest BCUT2D eigenvalue weighted by Gasteiger charge is -2.38. The second kappa shape index (κ2) is 9.04. The van der Waals surface area contributed by atoms with Gasteiger partial charge in [-0.15, -0.1) is 11.3 Å². The van der Waals surface area contributed by atoms with Gasteiger partial charge < -0.3 is 19.7 Å². The Morgan fingerprint density at radius 2 is 1.97 bits per heavy atom. The molecule has 2 aliphatic carbocycles. The minimum absolute atomic E-state index is 0.193. The maximum Gasteiger partial charge on any atom is 0.225 e. The van der Waals surface area contributed by atoms with Gasteiger partial charge in [-0.2, -0.15) is 0 Å². The summed E-state index contributed by atoms with van der Waals surface area (Å²) in [5, 5.41) is 20.3. The maximum absolute atomic E-state index is 10.00. The van der Waals surface area contributed by atoms with E-state index in [1.807, 2.05) is 0 Å². The topological polar surface area (TPSA) is 87.9 Å². The number of aromatic nitrogens is 2. The summed E-state index contributed by atoms with van der Waals surface area (Å²) < 4.78 is 12.0. The maximum atomic E-state index is 10.00. The number of fused-ring (bicyclic) bond motifs is 3. The van der Waals surface area contributed by atoms with Gasteiger partial charge >= 0.3 is 0 Å². The van der Waals surface area contributed by atoms with Gasteiger partial charge in [0.15, 0.2) is 0 Å². The van der Waals surface area contributed by atoms with Crippen LogP contribution in [-0.2, 0) is 11.2 Å². The van der Waals surface area contributed by atoms with E-state index in [1.165, 1.54) is 10.4 Å². The van der Waals surface area contributed by atoms with Crippen molar-refractivity contribution in [2.75, 3.05) is 32.9 Å². The van der Waals surface area contributed by atoms with Crippen LogP contribution in [0.3, 0.4) is 0 Å². The van der Waals surface area contributed by atoms with E-state index in [0.29, 0.717) is 18.3 Å². The number of aryl methyl sites for hydroxylation is 1. The molecule has 2 N–H and O–H groups in total. The van der Waals surface area contributed by atoms with Gasteiger partial charge in [-0.1, -0.05) is 0 Å². The van der Waals surface area contributed by atoms with Crippen LogP contribution in [-0.4, -0.2) is 76.2 Å². The second-order valence-electron chi connectivity index (χ2n) is 8.80. The molecular formula is C22H31N3O4S. The third kappa shape index (κ3) is 4.08. The van der Waals surface area contributed by atoms with Crippen molar-refractivity contribution in [3.63, 3.8) is 0 Å². The van der Waals surface area contributed by atoms with Crippen molar-refractivity contribution in [3.05, 3.63) is 16.8 Å². The number of morpholine rings is 1. The molecule has 7 nitrogen and oxygen atoms in total. The number of aliphatic hydroxyl groups excluding tert-OH is 2. The summed E-state index contributed by atoms with van der Waals surface area (Å²) in [5.74, 6) is 0.944. The van der Waals surface area contributed by atoms with Crippen LogP contribution < -0.4 is 4.74 Å². The molecule has 2 aromatic rings. The Morgan fingerprint density at radius 1 is 1.17 bits per heavy atom. The lowest BCUT2D eigenvalue weighted by Crippen LogP contribution is -2.46. The largest absolute Gasteiger partial charge is 0.474 e. The van der Waals surface area contributed by atoms with Crippen molar-refractivity contribution in [3.8, 4) is 5.88 Å². The average molecular weight is 434 g/mol. The number of aliphatic hydroxyl groups is 2. The first kappa shape index (κ1) is 20.6. The van der Waals surface area contributed by atoms with Gasteiger partial charge in [0.1, 0.15) is 17.3 Å². The molecule has 164 valence electrons. The third-order valence-electron chi connectivity index (χ3n) is 6.95. The molecule has 0 radical (unpaired) electrons. The Hall–Kier alpha value is -1.32. The van der Waals surface area contributed by atoms with Crippen LogP contribution in [0, 0.1) is 0 Å². The van der Waals surface area contributed by atoms with Crippen molar-refractivity contribution in [2.24, 2.45) is 0 Å². The summed E-state index contributed by atoms with van der Waals surface area (Å²) in [7, 11) is 0. The number of nitrogens with zero attached hydrogens (tertiary/aromatic N) is 3. The van der Waals surface area contributed by atoms with Gasteiger partial charge in [0, 0.05) is 24.0 Å². The van der Waals surface area contributed by atoms with Gasteiger partial charge in [0.05, 0.1) is 31.3 Å². The first-order valence-corrected chi connectivity index (χ1v) is 12.1. The molecular weight excluding hydrogens is 402 g/mol. The van der Waals surface area contributed by atoms with Crippen molar-refractivity contribution >= 4 is 21.6 Å². The van der Waals surface area contributed by atoms with Crippen LogP contribution in [0.25, 0.3) is 10.2 Å². The Balaban J connectivity index is 1.31. The van der Waals surface area contributed by atoms with Crippen LogP contribution >= 0.6 is 11.3 Å². The van der Waals surface area contributed by atoms with E-state index in [-0.39, 0.29) is 18.6 Å². The Kier molecular flexibility index (Phi) is 6.20. The Labute approximate surface area is 181 Å². The third-order valence-corrected chi connectivity index (χ3v) is 8.12. The molecule has 2 fully saturated rings. The van der Waals surface area contributed by atoms with Crippen LogP contribution in [0.4, 0.5) is 0 Å². The summed E-state index contributed by atoms with van der Waals surface area (Å²) in [4.78, 5) is 13.9. The van der Waals surface area contributed by atoms with E-state index in [2.05, 4.69) is 14.9 Å². The van der Waals surface area contributed by atoms with E-state index in [9.17, 15) is 10.2 Å². The molecule has 0 amide bonds. The molecule has 1 aliphatic heterocycles. The fourth-order valence-electron chi connectivity index (χ4n) is 5.40. The van der Waals surface area contributed by atoms with E-state index in [0.717, 1.165) is 75.0 Å². The zero-order valence-corrected chi connectivity index (χ0v) is 18.1. The lowest BCUT2D eigenvalue weighted by atomic mass is 9.91. The SMILES string of the molecule is OCC(O)CC1CCc2sc3ncnc(OC4CCC(N5CCOCC5)CC4)c3c21. The highest BCUT2D eigenvalue weighted by Gasteiger charge is 2.33. The first-order chi connectivity index (χ1) is 14.7. The monoisotopic (exact) mass is 433 g/mol. The molecule has 1 saturated carbocycles. The summed E-state index contributed by atoms with van der Waals surface area (Å²) in [6, 6.07) is 0.647. The van der Waals surface area contributed by atoms with Gasteiger partial charge in [-0.3, -0.25) is 4.90 Å². The fraction of sp³-hybridized carbons (Fsp3) is 0.727. The highest BCUT2D eigenvalue weighted by atomic mass is 32.1. The average Bonchev–Trinajstić information content (AvgIpc) is 3.35. The predicted octanol–water partition coefficient (Wildman–Crippen LogP) is 2.49. The highest BCUT2D eigenvalue weighted by molar-refractivity contribution is 7.19. The molecule has 1 saturated heterocycles. The van der Waals surface area contributed by atoms with Gasteiger partial charge in [-0.25, -0.2) is 9.97 Å². The summed E-state index contributed by atoms with van der Waals surface area (Å²) in [6.07, 6.45) is 8.13. The molecule has 2 unspecified atom stereocenters. The zero-order valence-electron chi connectivity index (χ0n) is 17.3. The van der Waals surface area contributed by atoms with E-state index in [4.69, 9.17) is 9.47 Å². The normalized spacial score (nSPS) is 28.5. The fourth-order valence-corrected chi connectivity index (χ4v) is 6.63. The van der Waals surface area contributed by atoms with Crippen molar-refractivity contribution in [1.82, 2.24) is 14.9 Å². The van der Waals surface area contributed by atoms with Gasteiger partial charge in [-0.05, 0) is 56.4 Å². The molecule has 0 aromatic carbocycles. The number of ether oxygens (including phenoxy) is 2. The number of hydrogen-bond acceptors (Lipinski definition) is 8. The quantitative estimate of drug-likeness (QED) is 0.724. The van der Waals surface area contributed by atoms with Crippen LogP contribution in [0.5, 0.6) is 5.88 Å². The molecule has 0 bridgehead atoms. The molecule has 2 aromatic heterocycles. The van der Waals surface area contributed by atoms with E-state index in [1.54, 1.807) is 17.7 Å². The summed E-state index contributed by atoms with van der Waals surface area (Å²) in [5.41, 5.74) is 1.25. The summed E-state index contributed by atoms with van der Waals surface area (Å²) >= 11 is 1.73. The Bertz CT molecular complexity index is 861. The standard InChI is InChI=1S/C22H31N3O4S/c26-12-16(27)11-14-1-6-18-19(14)20-21(23-13-24-22(20)30-18)29-17-4-2-15(3-5-17)25-7-9-28-10-8-25/h13-17,26-27H,1-12H2. The predicted molar refractivity (Wildman–Crippen MR) is 115 cm³/mol. The van der Waals surface area contributed by atoms with E-state index >= 15 is 0 Å². The molecule has 8 heteroatoms. The number of thiophene rings is 1. The van der Waals surface area contributed by atoms with Crippen molar-refractivity contribution in [1.29, 1.82) is 0 Å². The smallest absolute Gasteiger partial charge is 0.225 e. The summed E-state index contributed by atoms with van der Waals surface area (Å²) in [6.45, 7) is 3.60. The zero-order chi connectivity index (χ0) is 20.5. The van der Waals surface area contributed by atoms with Crippen molar-refractivity contribution in [2.45, 2.75) is 69.1 Å². The minimum atomic E-state index is -0.680. The molecule has 2 atom stereocenters. The highest BCUT2D eigenvalue weighted by Crippen LogP contribution is 2.47. The van der Waals surface area contributed by atoms with Crippen LogP contribution in [0.2, 0.25) is 0 Å². The van der Waals surface area contributed by atoms with Crippen LogP contribution in [0.15, 0.2) is 6.33 Å². The Morgan fingerprint density at radius 3 is 2.73 bits per heavy atom. The minimum Gasteiger partial charge on any atom is -0.474 e. The molecule has 3 aliphatic rings. The second-order valence-corrected chi connectivity index (χ2v) is 9.89. The lowest BCUT2D eigenvalue weighted by molar-refractivity contribution is -0.00126. The molecule has 3 heterocycles. The molecule has 0 spiro atoms. The van der Waals surface area contributed by atoms with Gasteiger partial charge in [0.25, 0.3) is 0 Å². The first-order valence-electron chi connectivity index (χ1n) is 11.3. The molecule has 30 heavy (non-hydrogen) atoms. The van der Waals surface area contributed by atoms with E-state index < -0.39 is 6.10 Å². The van der Waals surface area contributed by atoms with Gasteiger partial charge in [0.2, 0.25) is 5.88 Å².